The van der Waals surface area contributed by atoms with E-state index in [9.17, 15) is 13.6 Å². The van der Waals surface area contributed by atoms with E-state index in [-0.39, 0.29) is 5.69 Å². The SMILES string of the molecule is CCC(C)(C)C1CCC(N2CCN(c3ccc(C(=O)NCC(F)F)nc3)CC2)C1. The van der Waals surface area contributed by atoms with E-state index < -0.39 is 18.9 Å². The highest BCUT2D eigenvalue weighted by molar-refractivity contribution is 5.92. The highest BCUT2D eigenvalue weighted by Gasteiger charge is 2.37. The Morgan fingerprint density at radius 3 is 2.55 bits per heavy atom. The maximum absolute atomic E-state index is 12.2. The minimum atomic E-state index is -2.56. The van der Waals surface area contributed by atoms with Crippen LogP contribution in [0.5, 0.6) is 0 Å². The van der Waals surface area contributed by atoms with Gasteiger partial charge in [-0.25, -0.2) is 13.8 Å². The molecule has 1 saturated heterocycles. The number of alkyl halides is 2. The summed E-state index contributed by atoms with van der Waals surface area (Å²) in [5.41, 5.74) is 1.58. The van der Waals surface area contributed by atoms with Crippen molar-refractivity contribution in [3.05, 3.63) is 24.0 Å². The molecule has 5 nitrogen and oxygen atoms in total. The summed E-state index contributed by atoms with van der Waals surface area (Å²) >= 11 is 0. The van der Waals surface area contributed by atoms with E-state index in [4.69, 9.17) is 0 Å². The quantitative estimate of drug-likeness (QED) is 0.746. The standard InChI is InChI=1S/C22H34F2N4O/c1-4-22(2,3)16-5-6-17(13-16)27-9-11-28(12-10-27)18-7-8-19(25-14-18)21(29)26-15-20(23)24/h7-8,14,16-17,20H,4-6,9-13,15H2,1-3H3,(H,26,29). The molecule has 29 heavy (non-hydrogen) atoms. The Labute approximate surface area is 172 Å². The van der Waals surface area contributed by atoms with Gasteiger partial charge in [-0.3, -0.25) is 9.69 Å². The Bertz CT molecular complexity index is 672. The second-order valence-corrected chi connectivity index (χ2v) is 9.03. The van der Waals surface area contributed by atoms with Gasteiger partial charge in [0.1, 0.15) is 5.69 Å². The first-order valence-electron chi connectivity index (χ1n) is 10.8. The Morgan fingerprint density at radius 1 is 1.24 bits per heavy atom. The molecule has 0 bridgehead atoms. The lowest BCUT2D eigenvalue weighted by Gasteiger charge is -2.39. The third-order valence-electron chi connectivity index (χ3n) is 7.01. The number of pyridine rings is 1. The molecule has 1 aromatic heterocycles. The molecule has 162 valence electrons. The van der Waals surface area contributed by atoms with Gasteiger partial charge >= 0.3 is 0 Å². The lowest BCUT2D eigenvalue weighted by molar-refractivity contribution is 0.0887. The molecule has 2 heterocycles. The number of carbonyl (C=O) groups excluding carboxylic acids is 1. The number of amides is 1. The smallest absolute Gasteiger partial charge is 0.270 e. The van der Waals surface area contributed by atoms with Gasteiger partial charge in [-0.2, -0.15) is 0 Å². The zero-order chi connectivity index (χ0) is 21.0. The molecule has 1 saturated carbocycles. The third-order valence-corrected chi connectivity index (χ3v) is 7.01. The molecule has 0 aromatic carbocycles. The van der Waals surface area contributed by atoms with Crippen LogP contribution in [0.25, 0.3) is 0 Å². The van der Waals surface area contributed by atoms with Gasteiger partial charge in [0.05, 0.1) is 18.4 Å². The number of anilines is 1. The van der Waals surface area contributed by atoms with E-state index in [1.165, 1.54) is 25.7 Å². The zero-order valence-electron chi connectivity index (χ0n) is 17.8. The van der Waals surface area contributed by atoms with Crippen molar-refractivity contribution in [3.63, 3.8) is 0 Å². The molecule has 1 amide bonds. The summed E-state index contributed by atoms with van der Waals surface area (Å²) in [5.74, 6) is 0.260. The van der Waals surface area contributed by atoms with Gasteiger partial charge in [0.2, 0.25) is 0 Å². The topological polar surface area (TPSA) is 48.5 Å². The molecule has 2 atom stereocenters. The second-order valence-electron chi connectivity index (χ2n) is 9.03. The van der Waals surface area contributed by atoms with E-state index >= 15 is 0 Å². The van der Waals surface area contributed by atoms with Gasteiger partial charge in [0, 0.05) is 32.2 Å². The van der Waals surface area contributed by atoms with Crippen LogP contribution >= 0.6 is 0 Å². The first-order chi connectivity index (χ1) is 13.8. The normalized spacial score (nSPS) is 23.6. The van der Waals surface area contributed by atoms with Crippen molar-refractivity contribution < 1.29 is 13.6 Å². The minimum absolute atomic E-state index is 0.170. The van der Waals surface area contributed by atoms with Crippen LogP contribution in [0, 0.1) is 11.3 Å². The zero-order valence-corrected chi connectivity index (χ0v) is 17.8. The molecule has 1 aliphatic carbocycles. The number of carbonyl (C=O) groups is 1. The van der Waals surface area contributed by atoms with Crippen molar-refractivity contribution in [2.45, 2.75) is 58.9 Å². The molecular weight excluding hydrogens is 374 g/mol. The van der Waals surface area contributed by atoms with Crippen molar-refractivity contribution in [2.24, 2.45) is 11.3 Å². The molecule has 7 heteroatoms. The van der Waals surface area contributed by atoms with Gasteiger partial charge in [0.25, 0.3) is 12.3 Å². The van der Waals surface area contributed by atoms with E-state index in [0.29, 0.717) is 11.5 Å². The van der Waals surface area contributed by atoms with E-state index in [0.717, 1.165) is 37.8 Å². The molecule has 2 fully saturated rings. The van der Waals surface area contributed by atoms with Crippen molar-refractivity contribution >= 4 is 11.6 Å². The Hall–Kier alpha value is -1.76. The lowest BCUT2D eigenvalue weighted by atomic mass is 9.76. The molecular formula is C22H34F2N4O. The fraction of sp³-hybridized carbons (Fsp3) is 0.727. The van der Waals surface area contributed by atoms with Crippen molar-refractivity contribution in [2.75, 3.05) is 37.6 Å². The van der Waals surface area contributed by atoms with Crippen LogP contribution in [0.15, 0.2) is 18.3 Å². The maximum atomic E-state index is 12.2. The van der Waals surface area contributed by atoms with Gasteiger partial charge in [-0.1, -0.05) is 27.2 Å². The fourth-order valence-electron chi connectivity index (χ4n) is 4.60. The summed E-state index contributed by atoms with van der Waals surface area (Å²) < 4.78 is 24.4. The number of hydrogen-bond acceptors (Lipinski definition) is 4. The first-order valence-corrected chi connectivity index (χ1v) is 10.8. The number of rotatable bonds is 7. The maximum Gasteiger partial charge on any atom is 0.270 e. The molecule has 1 aliphatic heterocycles. The average molecular weight is 409 g/mol. The summed E-state index contributed by atoms with van der Waals surface area (Å²) in [6.45, 7) is 10.4. The van der Waals surface area contributed by atoms with E-state index in [2.05, 4.69) is 40.9 Å². The predicted molar refractivity (Wildman–Crippen MR) is 112 cm³/mol. The summed E-state index contributed by atoms with van der Waals surface area (Å²) in [6.07, 6.45) is 4.30. The third kappa shape index (κ3) is 5.44. The minimum Gasteiger partial charge on any atom is -0.368 e. The molecule has 3 rings (SSSR count). The van der Waals surface area contributed by atoms with Crippen molar-refractivity contribution in [1.82, 2.24) is 15.2 Å². The van der Waals surface area contributed by atoms with Crippen LogP contribution in [0.3, 0.4) is 0 Å². The Kier molecular flexibility index (Phi) is 7.09. The first kappa shape index (κ1) is 21.9. The van der Waals surface area contributed by atoms with Gasteiger partial charge in [-0.15, -0.1) is 0 Å². The molecule has 2 aliphatic rings. The van der Waals surface area contributed by atoms with Crippen LogP contribution in [0.2, 0.25) is 0 Å². The number of nitrogens with one attached hydrogen (secondary N) is 1. The molecule has 2 unspecified atom stereocenters. The summed E-state index contributed by atoms with van der Waals surface area (Å²) in [5, 5.41) is 2.18. The van der Waals surface area contributed by atoms with Gasteiger partial charge in [-0.05, 0) is 42.7 Å². The molecule has 1 aromatic rings. The fourth-order valence-corrected chi connectivity index (χ4v) is 4.60. The van der Waals surface area contributed by atoms with Gasteiger partial charge < -0.3 is 10.2 Å². The monoisotopic (exact) mass is 408 g/mol. The lowest BCUT2D eigenvalue weighted by Crippen LogP contribution is -2.50. The van der Waals surface area contributed by atoms with Crippen molar-refractivity contribution in [3.8, 4) is 0 Å². The molecule has 1 N–H and O–H groups in total. The number of nitrogens with zero attached hydrogens (tertiary/aromatic N) is 3. The van der Waals surface area contributed by atoms with Crippen LogP contribution in [-0.4, -0.2) is 61.0 Å². The Morgan fingerprint density at radius 2 is 1.97 bits per heavy atom. The number of piperazine rings is 1. The van der Waals surface area contributed by atoms with Crippen LogP contribution < -0.4 is 10.2 Å². The highest BCUT2D eigenvalue weighted by Crippen LogP contribution is 2.43. The largest absolute Gasteiger partial charge is 0.368 e. The number of aromatic nitrogens is 1. The van der Waals surface area contributed by atoms with Crippen LogP contribution in [-0.2, 0) is 0 Å². The summed E-state index contributed by atoms with van der Waals surface area (Å²) in [7, 11) is 0. The Balaban J connectivity index is 1.49. The second kappa shape index (κ2) is 9.37. The molecule has 0 radical (unpaired) electrons. The van der Waals surface area contributed by atoms with Crippen LogP contribution in [0.1, 0.15) is 56.9 Å². The number of halogens is 2. The van der Waals surface area contributed by atoms with Crippen LogP contribution in [0.4, 0.5) is 14.5 Å². The highest BCUT2D eigenvalue weighted by atomic mass is 19.3. The molecule has 0 spiro atoms. The average Bonchev–Trinajstić information content (AvgIpc) is 3.23. The van der Waals surface area contributed by atoms with Gasteiger partial charge in [0.15, 0.2) is 0 Å². The summed E-state index contributed by atoms with van der Waals surface area (Å²) in [4.78, 5) is 20.9. The summed E-state index contributed by atoms with van der Waals surface area (Å²) in [6, 6.07) is 4.17. The predicted octanol–water partition coefficient (Wildman–Crippen LogP) is 3.80. The number of hydrogen-bond donors (Lipinski definition) is 1. The van der Waals surface area contributed by atoms with E-state index in [1.807, 2.05) is 6.07 Å². The van der Waals surface area contributed by atoms with E-state index in [1.54, 1.807) is 12.3 Å². The van der Waals surface area contributed by atoms with Crippen molar-refractivity contribution in [1.29, 1.82) is 0 Å².